The number of fused-ring (bicyclic) bond motifs is 1. The predicted molar refractivity (Wildman–Crippen MR) is 122 cm³/mol. The molecule has 0 aliphatic heterocycles. The van der Waals surface area contributed by atoms with Crippen LogP contribution < -0.4 is 21.1 Å². The zero-order valence-corrected chi connectivity index (χ0v) is 17.4. The minimum Gasteiger partial charge on any atom is -0.494 e. The summed E-state index contributed by atoms with van der Waals surface area (Å²) in [5.74, 6) is 1.78. The van der Waals surface area contributed by atoms with Crippen molar-refractivity contribution < 1.29 is 9.66 Å². The Labute approximate surface area is 183 Å². The molecule has 4 N–H and O–H groups in total. The normalized spacial score (nSPS) is 10.8. The molecule has 0 radical (unpaired) electrons. The topological polar surface area (TPSA) is 146 Å². The van der Waals surface area contributed by atoms with Crippen LogP contribution in [-0.4, -0.2) is 44.0 Å². The summed E-state index contributed by atoms with van der Waals surface area (Å²) in [6, 6.07) is 12.5. The third-order valence-electron chi connectivity index (χ3n) is 4.66. The van der Waals surface area contributed by atoms with Gasteiger partial charge in [-0.05, 0) is 37.3 Å². The Morgan fingerprint density at radius 3 is 2.62 bits per heavy atom. The molecule has 0 saturated carbocycles. The Morgan fingerprint density at radius 1 is 1.12 bits per heavy atom. The van der Waals surface area contributed by atoms with E-state index in [1.807, 2.05) is 47.9 Å². The summed E-state index contributed by atoms with van der Waals surface area (Å²) in [4.78, 5) is 23.4. The molecule has 0 aliphatic carbocycles. The van der Waals surface area contributed by atoms with Gasteiger partial charge in [-0.1, -0.05) is 0 Å². The lowest BCUT2D eigenvalue weighted by molar-refractivity contribution is -0.384. The van der Waals surface area contributed by atoms with Crippen LogP contribution in [-0.2, 0) is 0 Å². The molecule has 0 saturated heterocycles. The fraction of sp³-hybridized carbons (Fsp3) is 0.190. The number of ether oxygens (including phenoxy) is 1. The number of nitrogen functional groups attached to an aromatic ring is 1. The van der Waals surface area contributed by atoms with Crippen LogP contribution in [0.25, 0.3) is 16.9 Å². The number of benzene rings is 1. The Kier molecular flexibility index (Phi) is 5.97. The van der Waals surface area contributed by atoms with Gasteiger partial charge in [-0.15, -0.1) is 0 Å². The molecule has 0 fully saturated rings. The number of nitrogens with zero attached hydrogens (tertiary/aromatic N) is 5. The number of hydrogen-bond donors (Lipinski definition) is 3. The molecule has 32 heavy (non-hydrogen) atoms. The Bertz CT molecular complexity index is 1240. The van der Waals surface area contributed by atoms with E-state index >= 15 is 0 Å². The first-order valence-corrected chi connectivity index (χ1v) is 10.0. The number of imidazole rings is 1. The van der Waals surface area contributed by atoms with Crippen LogP contribution in [0.1, 0.15) is 6.92 Å². The molecule has 0 unspecified atom stereocenters. The molecule has 164 valence electrons. The van der Waals surface area contributed by atoms with E-state index in [2.05, 4.69) is 20.6 Å². The Balaban J connectivity index is 1.45. The molecular formula is C21H22N8O3. The van der Waals surface area contributed by atoms with Crippen molar-refractivity contribution >= 4 is 28.9 Å². The van der Waals surface area contributed by atoms with Crippen molar-refractivity contribution in [3.63, 3.8) is 0 Å². The molecule has 0 amide bonds. The Morgan fingerprint density at radius 2 is 1.91 bits per heavy atom. The van der Waals surface area contributed by atoms with Crippen LogP contribution in [0, 0.1) is 10.1 Å². The van der Waals surface area contributed by atoms with Crippen LogP contribution in [0.4, 0.5) is 23.3 Å². The van der Waals surface area contributed by atoms with Crippen molar-refractivity contribution in [3.8, 4) is 17.0 Å². The van der Waals surface area contributed by atoms with Gasteiger partial charge in [0.25, 0.3) is 0 Å². The molecule has 1 aromatic carbocycles. The van der Waals surface area contributed by atoms with Crippen molar-refractivity contribution in [1.82, 2.24) is 19.4 Å². The molecule has 3 heterocycles. The average Bonchev–Trinajstić information content (AvgIpc) is 3.26. The lowest BCUT2D eigenvalue weighted by atomic mass is 10.1. The molecule has 0 atom stereocenters. The monoisotopic (exact) mass is 434 g/mol. The van der Waals surface area contributed by atoms with Crippen LogP contribution in [0.15, 0.2) is 54.9 Å². The minimum atomic E-state index is -0.562. The molecule has 3 aromatic heterocycles. The van der Waals surface area contributed by atoms with Gasteiger partial charge in [0.05, 0.1) is 17.2 Å². The summed E-state index contributed by atoms with van der Waals surface area (Å²) in [7, 11) is 0. The average molecular weight is 434 g/mol. The Hall–Kier alpha value is -4.41. The highest BCUT2D eigenvalue weighted by Crippen LogP contribution is 2.24. The second kappa shape index (κ2) is 9.16. The number of rotatable bonds is 9. The van der Waals surface area contributed by atoms with E-state index in [1.54, 1.807) is 6.20 Å². The zero-order valence-electron chi connectivity index (χ0n) is 17.4. The highest BCUT2D eigenvalue weighted by molar-refractivity contribution is 5.66. The lowest BCUT2D eigenvalue weighted by Crippen LogP contribution is -2.17. The number of nitrogens with two attached hydrogens (primary N) is 1. The molecule has 11 heteroatoms. The maximum atomic E-state index is 10.8. The van der Waals surface area contributed by atoms with Gasteiger partial charge in [-0.2, -0.15) is 0 Å². The molecule has 0 spiro atoms. The third kappa shape index (κ3) is 4.51. The van der Waals surface area contributed by atoms with Gasteiger partial charge in [0.1, 0.15) is 17.2 Å². The van der Waals surface area contributed by atoms with Gasteiger partial charge in [-0.25, -0.2) is 15.0 Å². The molecule has 11 nitrogen and oxygen atoms in total. The number of pyridine rings is 1. The SMILES string of the molecule is CCOc1ccc(-c2cc3nccn3c(NCCNc3ccc([N+](=O)[O-])c(N)n3)n2)cc1. The molecular weight excluding hydrogens is 412 g/mol. The van der Waals surface area contributed by atoms with Crippen LogP contribution in [0.5, 0.6) is 5.75 Å². The number of nitro groups is 1. The number of aromatic nitrogens is 4. The van der Waals surface area contributed by atoms with Crippen molar-refractivity contribution in [1.29, 1.82) is 0 Å². The van der Waals surface area contributed by atoms with Gasteiger partial charge < -0.3 is 21.1 Å². The van der Waals surface area contributed by atoms with E-state index in [0.29, 0.717) is 31.5 Å². The summed E-state index contributed by atoms with van der Waals surface area (Å²) in [5.41, 5.74) is 7.91. The maximum Gasteiger partial charge on any atom is 0.311 e. The first-order valence-electron chi connectivity index (χ1n) is 10.0. The molecule has 4 rings (SSSR count). The predicted octanol–water partition coefficient (Wildman–Crippen LogP) is 3.20. The van der Waals surface area contributed by atoms with E-state index < -0.39 is 4.92 Å². The first kappa shape index (κ1) is 20.8. The third-order valence-corrected chi connectivity index (χ3v) is 4.66. The fourth-order valence-electron chi connectivity index (χ4n) is 3.17. The van der Waals surface area contributed by atoms with Gasteiger partial charge >= 0.3 is 5.69 Å². The van der Waals surface area contributed by atoms with E-state index in [0.717, 1.165) is 22.7 Å². The summed E-state index contributed by atoms with van der Waals surface area (Å²) >= 11 is 0. The van der Waals surface area contributed by atoms with E-state index in [4.69, 9.17) is 15.5 Å². The van der Waals surface area contributed by atoms with Crippen molar-refractivity contribution in [2.24, 2.45) is 0 Å². The number of nitrogens with one attached hydrogen (secondary N) is 2. The number of hydrogen-bond acceptors (Lipinski definition) is 9. The van der Waals surface area contributed by atoms with Crippen LogP contribution in [0.3, 0.4) is 0 Å². The molecule has 0 aliphatic rings. The fourth-order valence-corrected chi connectivity index (χ4v) is 3.17. The summed E-state index contributed by atoms with van der Waals surface area (Å²) in [5, 5.41) is 17.2. The second-order valence-corrected chi connectivity index (χ2v) is 6.79. The summed E-state index contributed by atoms with van der Waals surface area (Å²) < 4.78 is 7.36. The largest absolute Gasteiger partial charge is 0.494 e. The standard InChI is InChI=1S/C21H22N8O3/c1-2-32-15-5-3-14(4-6-15)16-13-19-24-11-12-28(19)21(26-16)25-10-9-23-18-8-7-17(29(30)31)20(22)27-18/h3-8,11-13H,2,9-10H2,1H3,(H,25,26)(H3,22,23,27). The van der Waals surface area contributed by atoms with Gasteiger partial charge in [0, 0.05) is 43.2 Å². The van der Waals surface area contributed by atoms with E-state index in [-0.39, 0.29) is 11.5 Å². The summed E-state index contributed by atoms with van der Waals surface area (Å²) in [6.45, 7) is 3.57. The van der Waals surface area contributed by atoms with E-state index in [1.165, 1.54) is 12.1 Å². The maximum absolute atomic E-state index is 10.8. The van der Waals surface area contributed by atoms with Crippen LogP contribution >= 0.6 is 0 Å². The highest BCUT2D eigenvalue weighted by atomic mass is 16.6. The quantitative estimate of drug-likeness (QED) is 0.205. The van der Waals surface area contributed by atoms with Crippen LogP contribution in [0.2, 0.25) is 0 Å². The van der Waals surface area contributed by atoms with Crippen molar-refractivity contribution in [2.75, 3.05) is 36.1 Å². The summed E-state index contributed by atoms with van der Waals surface area (Å²) in [6.07, 6.45) is 3.55. The van der Waals surface area contributed by atoms with Gasteiger partial charge in [0.15, 0.2) is 0 Å². The zero-order chi connectivity index (χ0) is 22.5. The minimum absolute atomic E-state index is 0.127. The lowest BCUT2D eigenvalue weighted by Gasteiger charge is -2.12. The second-order valence-electron chi connectivity index (χ2n) is 6.79. The van der Waals surface area contributed by atoms with Crippen molar-refractivity contribution in [3.05, 3.63) is 65.0 Å². The smallest absolute Gasteiger partial charge is 0.311 e. The van der Waals surface area contributed by atoms with Gasteiger partial charge in [0.2, 0.25) is 11.8 Å². The first-order chi connectivity index (χ1) is 15.5. The highest BCUT2D eigenvalue weighted by Gasteiger charge is 2.13. The molecule has 0 bridgehead atoms. The van der Waals surface area contributed by atoms with Gasteiger partial charge in [-0.3, -0.25) is 14.5 Å². The van der Waals surface area contributed by atoms with E-state index in [9.17, 15) is 10.1 Å². The number of anilines is 3. The van der Waals surface area contributed by atoms with Crippen molar-refractivity contribution in [2.45, 2.75) is 6.92 Å². The molecule has 4 aromatic rings.